The van der Waals surface area contributed by atoms with Gasteiger partial charge in [0, 0.05) is 28.0 Å². The lowest BCUT2D eigenvalue weighted by atomic mass is 10.1. The third kappa shape index (κ3) is 4.19. The number of nitrogens with one attached hydrogen (secondary N) is 1. The van der Waals surface area contributed by atoms with Crippen LogP contribution >= 0.6 is 11.3 Å². The summed E-state index contributed by atoms with van der Waals surface area (Å²) in [5.74, 6) is -0.106. The maximum atomic E-state index is 12.7. The molecule has 0 unspecified atom stereocenters. The fourth-order valence-corrected chi connectivity index (χ4v) is 4.08. The van der Waals surface area contributed by atoms with Crippen LogP contribution in [-0.4, -0.2) is 38.7 Å². The quantitative estimate of drug-likeness (QED) is 0.645. The largest absolute Gasteiger partial charge is 0.465 e. The molecule has 0 saturated heterocycles. The SMILES string of the molecule is COC(=O)c1csc(NC(=O)Cc2c(C)nn(-c3nc(C)cc(C)n3)c2C)c1C. The summed E-state index contributed by atoms with van der Waals surface area (Å²) in [6.07, 6.45) is 0.160. The molecule has 152 valence electrons. The van der Waals surface area contributed by atoms with Crippen LogP contribution in [0.3, 0.4) is 0 Å². The number of thiophene rings is 1. The molecule has 0 aliphatic rings. The molecule has 8 nitrogen and oxygen atoms in total. The van der Waals surface area contributed by atoms with Crippen LogP contribution in [0.4, 0.5) is 5.00 Å². The third-order valence-corrected chi connectivity index (χ3v) is 5.63. The zero-order chi connectivity index (χ0) is 21.3. The molecule has 0 bridgehead atoms. The van der Waals surface area contributed by atoms with Crippen molar-refractivity contribution >= 4 is 28.2 Å². The molecule has 9 heteroatoms. The Hall–Kier alpha value is -3.07. The van der Waals surface area contributed by atoms with E-state index in [0.717, 1.165) is 28.3 Å². The van der Waals surface area contributed by atoms with Gasteiger partial charge < -0.3 is 10.1 Å². The molecule has 0 aliphatic heterocycles. The van der Waals surface area contributed by atoms with Gasteiger partial charge in [0.25, 0.3) is 5.95 Å². The molecular formula is C20H23N5O3S. The van der Waals surface area contributed by atoms with Crippen molar-refractivity contribution in [1.82, 2.24) is 19.7 Å². The Kier molecular flexibility index (Phi) is 5.78. The van der Waals surface area contributed by atoms with Crippen molar-refractivity contribution in [1.29, 1.82) is 0 Å². The van der Waals surface area contributed by atoms with Crippen molar-refractivity contribution in [2.75, 3.05) is 12.4 Å². The van der Waals surface area contributed by atoms with Crippen molar-refractivity contribution in [3.05, 3.63) is 50.9 Å². The molecule has 1 amide bonds. The topological polar surface area (TPSA) is 99.0 Å². The molecule has 3 heterocycles. The van der Waals surface area contributed by atoms with Gasteiger partial charge in [-0.25, -0.2) is 19.4 Å². The maximum Gasteiger partial charge on any atom is 0.339 e. The highest BCUT2D eigenvalue weighted by Gasteiger charge is 2.20. The number of hydrogen-bond acceptors (Lipinski definition) is 7. The highest BCUT2D eigenvalue weighted by atomic mass is 32.1. The third-order valence-electron chi connectivity index (χ3n) is 4.64. The lowest BCUT2D eigenvalue weighted by Gasteiger charge is -2.07. The highest BCUT2D eigenvalue weighted by Crippen LogP contribution is 2.28. The molecule has 0 atom stereocenters. The molecule has 0 spiro atoms. The van der Waals surface area contributed by atoms with E-state index in [4.69, 9.17) is 4.74 Å². The summed E-state index contributed by atoms with van der Waals surface area (Å²) in [6, 6.07) is 1.90. The van der Waals surface area contributed by atoms with Gasteiger partial charge in [-0.1, -0.05) is 0 Å². The van der Waals surface area contributed by atoms with E-state index < -0.39 is 5.97 Å². The van der Waals surface area contributed by atoms with Crippen molar-refractivity contribution in [2.24, 2.45) is 0 Å². The lowest BCUT2D eigenvalue weighted by Crippen LogP contribution is -2.15. The predicted octanol–water partition coefficient (Wildman–Crippen LogP) is 3.23. The predicted molar refractivity (Wildman–Crippen MR) is 111 cm³/mol. The first kappa shape index (κ1) is 20.7. The van der Waals surface area contributed by atoms with Crippen LogP contribution in [-0.2, 0) is 16.0 Å². The average Bonchev–Trinajstić information content (AvgIpc) is 3.15. The van der Waals surface area contributed by atoms with Crippen molar-refractivity contribution in [2.45, 2.75) is 41.0 Å². The summed E-state index contributed by atoms with van der Waals surface area (Å²) >= 11 is 1.30. The minimum Gasteiger partial charge on any atom is -0.465 e. The molecule has 0 saturated carbocycles. The molecule has 3 rings (SSSR count). The smallest absolute Gasteiger partial charge is 0.339 e. The summed E-state index contributed by atoms with van der Waals surface area (Å²) in [5.41, 5.74) is 5.26. The summed E-state index contributed by atoms with van der Waals surface area (Å²) < 4.78 is 6.43. The lowest BCUT2D eigenvalue weighted by molar-refractivity contribution is -0.115. The van der Waals surface area contributed by atoms with E-state index in [1.54, 1.807) is 17.0 Å². The minimum atomic E-state index is -0.416. The van der Waals surface area contributed by atoms with Crippen LogP contribution in [0.25, 0.3) is 5.95 Å². The van der Waals surface area contributed by atoms with Crippen molar-refractivity contribution in [3.63, 3.8) is 0 Å². The number of aromatic nitrogens is 4. The summed E-state index contributed by atoms with van der Waals surface area (Å²) in [5, 5.41) is 9.73. The maximum absolute atomic E-state index is 12.7. The first-order valence-electron chi connectivity index (χ1n) is 9.05. The van der Waals surface area contributed by atoms with Gasteiger partial charge in [0.15, 0.2) is 0 Å². The number of esters is 1. The van der Waals surface area contributed by atoms with Gasteiger partial charge >= 0.3 is 5.97 Å². The van der Waals surface area contributed by atoms with Crippen LogP contribution in [0.1, 0.15) is 44.3 Å². The second-order valence-electron chi connectivity index (χ2n) is 6.83. The van der Waals surface area contributed by atoms with E-state index in [1.165, 1.54) is 18.4 Å². The van der Waals surface area contributed by atoms with Gasteiger partial charge in [-0.05, 0) is 46.2 Å². The van der Waals surface area contributed by atoms with Crippen molar-refractivity contribution in [3.8, 4) is 5.95 Å². The average molecular weight is 414 g/mol. The van der Waals surface area contributed by atoms with Crippen LogP contribution in [0.15, 0.2) is 11.4 Å². The Labute approximate surface area is 173 Å². The van der Waals surface area contributed by atoms with Gasteiger partial charge in [-0.15, -0.1) is 11.3 Å². The second kappa shape index (κ2) is 8.12. The van der Waals surface area contributed by atoms with Crippen LogP contribution in [0.2, 0.25) is 0 Å². The molecule has 29 heavy (non-hydrogen) atoms. The number of carbonyl (C=O) groups excluding carboxylic acids is 2. The Bertz CT molecular complexity index is 1080. The van der Waals surface area contributed by atoms with Crippen LogP contribution in [0, 0.1) is 34.6 Å². The highest BCUT2D eigenvalue weighted by molar-refractivity contribution is 7.14. The van der Waals surface area contributed by atoms with Crippen molar-refractivity contribution < 1.29 is 14.3 Å². The van der Waals surface area contributed by atoms with Gasteiger partial charge in [0.2, 0.25) is 5.91 Å². The summed E-state index contributed by atoms with van der Waals surface area (Å²) in [4.78, 5) is 33.3. The van der Waals surface area contributed by atoms with E-state index >= 15 is 0 Å². The Morgan fingerprint density at radius 1 is 1.14 bits per heavy atom. The Morgan fingerprint density at radius 2 is 1.79 bits per heavy atom. The van der Waals surface area contributed by atoms with Gasteiger partial charge in [-0.2, -0.15) is 5.10 Å². The normalized spacial score (nSPS) is 10.8. The number of aryl methyl sites for hydroxylation is 3. The first-order valence-corrected chi connectivity index (χ1v) is 9.93. The van der Waals surface area contributed by atoms with Crippen LogP contribution in [0.5, 0.6) is 0 Å². The monoisotopic (exact) mass is 413 g/mol. The number of rotatable bonds is 5. The standard InChI is InChI=1S/C20H23N5O3S/c1-10-7-11(2)22-20(21-10)25-14(5)15(13(4)24-25)8-17(26)23-18-12(3)16(9-29-18)19(27)28-6/h7,9H,8H2,1-6H3,(H,23,26). The van der Waals surface area contributed by atoms with E-state index in [1.807, 2.05) is 33.8 Å². The fourth-order valence-electron chi connectivity index (χ4n) is 3.11. The number of nitrogens with zero attached hydrogens (tertiary/aromatic N) is 4. The molecular weight excluding hydrogens is 390 g/mol. The summed E-state index contributed by atoms with van der Waals surface area (Å²) in [7, 11) is 1.33. The van der Waals surface area contributed by atoms with E-state index in [0.29, 0.717) is 22.1 Å². The molecule has 0 fully saturated rings. The number of anilines is 1. The number of carbonyl (C=O) groups is 2. The number of hydrogen-bond donors (Lipinski definition) is 1. The second-order valence-corrected chi connectivity index (χ2v) is 7.71. The van der Waals surface area contributed by atoms with Gasteiger partial charge in [-0.3, -0.25) is 4.79 Å². The number of amides is 1. The van der Waals surface area contributed by atoms with Gasteiger partial charge in [0.1, 0.15) is 0 Å². The minimum absolute atomic E-state index is 0.160. The molecule has 3 aromatic rings. The van der Waals surface area contributed by atoms with Gasteiger partial charge in [0.05, 0.1) is 29.8 Å². The Morgan fingerprint density at radius 3 is 2.41 bits per heavy atom. The number of methoxy groups -OCH3 is 1. The molecule has 0 aliphatic carbocycles. The first-order chi connectivity index (χ1) is 13.7. The zero-order valence-electron chi connectivity index (χ0n) is 17.3. The van der Waals surface area contributed by atoms with E-state index in [2.05, 4.69) is 20.4 Å². The number of ether oxygens (including phenoxy) is 1. The Balaban J connectivity index is 1.82. The van der Waals surface area contributed by atoms with E-state index in [9.17, 15) is 9.59 Å². The molecule has 3 aromatic heterocycles. The zero-order valence-corrected chi connectivity index (χ0v) is 18.1. The van der Waals surface area contributed by atoms with Crippen LogP contribution < -0.4 is 5.32 Å². The fraction of sp³-hybridized carbons (Fsp3) is 0.350. The summed E-state index contributed by atoms with van der Waals surface area (Å²) in [6.45, 7) is 9.36. The molecule has 0 aromatic carbocycles. The molecule has 1 N–H and O–H groups in total. The van der Waals surface area contributed by atoms with E-state index in [-0.39, 0.29) is 12.3 Å². The molecule has 0 radical (unpaired) electrons.